The lowest BCUT2D eigenvalue weighted by Gasteiger charge is -2.33. The minimum absolute atomic E-state index is 0.00213. The van der Waals surface area contributed by atoms with E-state index in [9.17, 15) is 9.59 Å². The van der Waals surface area contributed by atoms with Crippen LogP contribution < -0.4 is 5.32 Å². The number of hydrogen-bond acceptors (Lipinski definition) is 2. The van der Waals surface area contributed by atoms with Gasteiger partial charge >= 0.3 is 0 Å². The van der Waals surface area contributed by atoms with Crippen LogP contribution in [0, 0.1) is 6.92 Å². The molecule has 2 amide bonds. The molecule has 0 aliphatic heterocycles. The first-order valence-corrected chi connectivity index (χ1v) is 12.7. The van der Waals surface area contributed by atoms with Gasteiger partial charge < -0.3 is 10.2 Å². The smallest absolute Gasteiger partial charge is 0.243 e. The molecule has 2 aromatic rings. The molecule has 0 aromatic heterocycles. The zero-order valence-corrected chi connectivity index (χ0v) is 20.6. The third-order valence-corrected chi connectivity index (χ3v) is 6.83. The molecule has 3 rings (SSSR count). The average Bonchev–Trinajstić information content (AvgIpc) is 2.83. The van der Waals surface area contributed by atoms with E-state index in [2.05, 4.69) is 55.6 Å². The molecule has 0 saturated heterocycles. The topological polar surface area (TPSA) is 49.4 Å². The summed E-state index contributed by atoms with van der Waals surface area (Å²) in [4.78, 5) is 28.6. The van der Waals surface area contributed by atoms with Gasteiger partial charge in [0, 0.05) is 19.0 Å². The molecular weight excluding hydrogens is 408 g/mol. The first kappa shape index (κ1) is 25.0. The van der Waals surface area contributed by atoms with Crippen molar-refractivity contribution in [1.82, 2.24) is 10.2 Å². The zero-order valence-electron chi connectivity index (χ0n) is 20.6. The lowest BCUT2D eigenvalue weighted by atomic mass is 9.95. The van der Waals surface area contributed by atoms with Crippen LogP contribution in [0.2, 0.25) is 0 Å². The molecule has 1 aliphatic carbocycles. The molecule has 1 atom stereocenters. The summed E-state index contributed by atoms with van der Waals surface area (Å²) >= 11 is 0. The fraction of sp³-hybridized carbons (Fsp3) is 0.517. The molecule has 1 fully saturated rings. The molecule has 33 heavy (non-hydrogen) atoms. The number of amides is 2. The Morgan fingerprint density at radius 2 is 1.67 bits per heavy atom. The van der Waals surface area contributed by atoms with Crippen molar-refractivity contribution >= 4 is 11.8 Å². The van der Waals surface area contributed by atoms with Gasteiger partial charge in [-0.1, -0.05) is 87.2 Å². The van der Waals surface area contributed by atoms with E-state index >= 15 is 0 Å². The van der Waals surface area contributed by atoms with Gasteiger partial charge in [0.25, 0.3) is 0 Å². The molecule has 1 aliphatic rings. The van der Waals surface area contributed by atoms with Crippen LogP contribution in [0.1, 0.15) is 81.0 Å². The molecule has 4 nitrogen and oxygen atoms in total. The Hall–Kier alpha value is -2.62. The Kier molecular flexibility index (Phi) is 9.53. The highest BCUT2D eigenvalue weighted by atomic mass is 16.2. The van der Waals surface area contributed by atoms with Crippen molar-refractivity contribution in [2.24, 2.45) is 0 Å². The van der Waals surface area contributed by atoms with Gasteiger partial charge in [-0.2, -0.15) is 0 Å². The number of nitrogens with one attached hydrogen (secondary N) is 1. The molecule has 1 unspecified atom stereocenters. The van der Waals surface area contributed by atoms with Crippen LogP contribution in [0.15, 0.2) is 48.5 Å². The summed E-state index contributed by atoms with van der Waals surface area (Å²) in [6.07, 6.45) is 8.40. The Bertz CT molecular complexity index is 900. The van der Waals surface area contributed by atoms with Crippen LogP contribution in [-0.4, -0.2) is 28.8 Å². The van der Waals surface area contributed by atoms with Crippen molar-refractivity contribution in [2.45, 2.75) is 97.2 Å². The van der Waals surface area contributed by atoms with Crippen LogP contribution in [0.3, 0.4) is 0 Å². The Morgan fingerprint density at radius 3 is 2.30 bits per heavy atom. The summed E-state index contributed by atoms with van der Waals surface area (Å²) in [6.45, 7) is 6.67. The van der Waals surface area contributed by atoms with E-state index in [1.54, 1.807) is 0 Å². The van der Waals surface area contributed by atoms with Crippen molar-refractivity contribution in [3.8, 4) is 0 Å². The molecule has 0 spiro atoms. The number of aryl methyl sites for hydroxylation is 3. The van der Waals surface area contributed by atoms with Crippen LogP contribution in [0.5, 0.6) is 0 Å². The predicted octanol–water partition coefficient (Wildman–Crippen LogP) is 5.75. The highest BCUT2D eigenvalue weighted by molar-refractivity contribution is 5.88. The average molecular weight is 449 g/mol. The maximum absolute atomic E-state index is 13.5. The molecule has 1 N–H and O–H groups in total. The second kappa shape index (κ2) is 12.6. The molecule has 4 heteroatoms. The highest BCUT2D eigenvalue weighted by Crippen LogP contribution is 2.20. The first-order valence-electron chi connectivity index (χ1n) is 12.7. The number of carbonyl (C=O) groups is 2. The summed E-state index contributed by atoms with van der Waals surface area (Å²) < 4.78 is 0. The number of rotatable bonds is 10. The fourth-order valence-corrected chi connectivity index (χ4v) is 4.81. The Balaban J connectivity index is 1.74. The predicted molar refractivity (Wildman–Crippen MR) is 135 cm³/mol. The molecule has 0 heterocycles. The van der Waals surface area contributed by atoms with Crippen LogP contribution in [0.25, 0.3) is 0 Å². The van der Waals surface area contributed by atoms with Crippen molar-refractivity contribution in [3.63, 3.8) is 0 Å². The third kappa shape index (κ3) is 7.45. The number of hydrogen-bond donors (Lipinski definition) is 1. The molecule has 1 saturated carbocycles. The second-order valence-electron chi connectivity index (χ2n) is 9.45. The first-order chi connectivity index (χ1) is 16.0. The maximum Gasteiger partial charge on any atom is 0.243 e. The molecule has 0 radical (unpaired) electrons. The lowest BCUT2D eigenvalue weighted by Crippen LogP contribution is -2.51. The molecule has 178 valence electrons. The van der Waals surface area contributed by atoms with Gasteiger partial charge in [0.05, 0.1) is 0 Å². The van der Waals surface area contributed by atoms with Crippen molar-refractivity contribution in [3.05, 3.63) is 70.8 Å². The van der Waals surface area contributed by atoms with Gasteiger partial charge in [0.2, 0.25) is 11.8 Å². The summed E-state index contributed by atoms with van der Waals surface area (Å²) in [5.74, 6) is 0.0411. The Labute approximate surface area is 199 Å². The minimum Gasteiger partial charge on any atom is -0.352 e. The standard InChI is InChI=1S/C29H40N2O2/c1-4-23-14-16-24(17-15-23)18-19-28(32)31(21-25-11-9-10-22(3)20-25)27(5-2)29(33)30-26-12-7-6-8-13-26/h9-11,14-17,20,26-27H,4-8,12-13,18-19,21H2,1-3H3,(H,30,33). The summed E-state index contributed by atoms with van der Waals surface area (Å²) in [7, 11) is 0. The summed E-state index contributed by atoms with van der Waals surface area (Å²) in [6, 6.07) is 16.5. The van der Waals surface area contributed by atoms with Gasteiger partial charge in [0.1, 0.15) is 6.04 Å². The summed E-state index contributed by atoms with van der Waals surface area (Å²) in [5, 5.41) is 3.26. The van der Waals surface area contributed by atoms with Crippen LogP contribution >= 0.6 is 0 Å². The molecular formula is C29H40N2O2. The van der Waals surface area contributed by atoms with E-state index < -0.39 is 6.04 Å². The van der Waals surface area contributed by atoms with Gasteiger partial charge in [-0.3, -0.25) is 9.59 Å². The number of carbonyl (C=O) groups excluding carboxylic acids is 2. The quantitative estimate of drug-likeness (QED) is 0.503. The van der Waals surface area contributed by atoms with Gasteiger partial charge in [-0.25, -0.2) is 0 Å². The van der Waals surface area contributed by atoms with E-state index in [0.717, 1.165) is 36.0 Å². The highest BCUT2D eigenvalue weighted by Gasteiger charge is 2.30. The van der Waals surface area contributed by atoms with Crippen LogP contribution in [-0.2, 0) is 29.0 Å². The lowest BCUT2D eigenvalue weighted by molar-refractivity contribution is -0.141. The minimum atomic E-state index is -0.442. The van der Waals surface area contributed by atoms with Gasteiger partial charge in [-0.15, -0.1) is 0 Å². The largest absolute Gasteiger partial charge is 0.352 e. The third-order valence-electron chi connectivity index (χ3n) is 6.83. The SMILES string of the molecule is CCc1ccc(CCC(=O)N(Cc2cccc(C)c2)C(CC)C(=O)NC2CCCCC2)cc1. The number of benzene rings is 2. The van der Waals surface area contributed by atoms with E-state index in [0.29, 0.717) is 25.8 Å². The monoisotopic (exact) mass is 448 g/mol. The van der Waals surface area contributed by atoms with Gasteiger partial charge in [-0.05, 0) is 55.7 Å². The van der Waals surface area contributed by atoms with Crippen molar-refractivity contribution in [2.75, 3.05) is 0 Å². The van der Waals surface area contributed by atoms with Crippen LogP contribution in [0.4, 0.5) is 0 Å². The molecule has 0 bridgehead atoms. The Morgan fingerprint density at radius 1 is 0.970 bits per heavy atom. The van der Waals surface area contributed by atoms with Gasteiger partial charge in [0.15, 0.2) is 0 Å². The number of nitrogens with zero attached hydrogens (tertiary/aromatic N) is 1. The van der Waals surface area contributed by atoms with Crippen molar-refractivity contribution < 1.29 is 9.59 Å². The van der Waals surface area contributed by atoms with E-state index in [1.807, 2.05) is 24.0 Å². The maximum atomic E-state index is 13.5. The zero-order chi connectivity index (χ0) is 23.6. The summed E-state index contributed by atoms with van der Waals surface area (Å²) in [5.41, 5.74) is 4.70. The van der Waals surface area contributed by atoms with E-state index in [-0.39, 0.29) is 17.9 Å². The van der Waals surface area contributed by atoms with E-state index in [4.69, 9.17) is 0 Å². The molecule has 2 aromatic carbocycles. The normalized spacial score (nSPS) is 15.1. The fourth-order valence-electron chi connectivity index (χ4n) is 4.81. The van der Waals surface area contributed by atoms with Crippen molar-refractivity contribution in [1.29, 1.82) is 0 Å². The van der Waals surface area contributed by atoms with E-state index in [1.165, 1.54) is 24.8 Å². The second-order valence-corrected chi connectivity index (χ2v) is 9.45.